The van der Waals surface area contributed by atoms with E-state index in [4.69, 9.17) is 5.11 Å². The maximum absolute atomic E-state index is 9.15. The Balaban J connectivity index is 2.59. The van der Waals surface area contributed by atoms with Crippen molar-refractivity contribution in [3.8, 4) is 0 Å². The minimum atomic E-state index is 0.159. The number of aliphatic hydroxyl groups is 1. The standard InChI is InChI=1S/C16H28N2O/c1-16(2,3)15(10-11-19)17-12-13-6-8-14(9-7-13)18(4)5/h6-9,15,17,19H,10-12H2,1-5H3. The van der Waals surface area contributed by atoms with Crippen molar-refractivity contribution in [1.29, 1.82) is 0 Å². The summed E-state index contributed by atoms with van der Waals surface area (Å²) in [7, 11) is 4.09. The van der Waals surface area contributed by atoms with Crippen LogP contribution in [0.25, 0.3) is 0 Å². The number of hydrogen-bond donors (Lipinski definition) is 2. The molecule has 0 aromatic heterocycles. The second-order valence-electron chi connectivity index (χ2n) is 6.37. The van der Waals surface area contributed by atoms with Gasteiger partial charge >= 0.3 is 0 Å². The topological polar surface area (TPSA) is 35.5 Å². The van der Waals surface area contributed by atoms with Crippen LogP contribution in [0.4, 0.5) is 5.69 Å². The number of hydrogen-bond acceptors (Lipinski definition) is 3. The van der Waals surface area contributed by atoms with E-state index < -0.39 is 0 Å². The first-order valence-corrected chi connectivity index (χ1v) is 6.95. The molecule has 0 bridgehead atoms. The van der Waals surface area contributed by atoms with Gasteiger partial charge in [0.25, 0.3) is 0 Å². The molecule has 0 aliphatic heterocycles. The van der Waals surface area contributed by atoms with Gasteiger partial charge in [-0.3, -0.25) is 0 Å². The zero-order chi connectivity index (χ0) is 14.5. The van der Waals surface area contributed by atoms with Gasteiger partial charge in [-0.1, -0.05) is 32.9 Å². The summed E-state index contributed by atoms with van der Waals surface area (Å²) >= 11 is 0. The molecule has 3 heteroatoms. The number of benzene rings is 1. The zero-order valence-electron chi connectivity index (χ0n) is 12.9. The Hall–Kier alpha value is -1.06. The molecule has 0 saturated heterocycles. The van der Waals surface area contributed by atoms with E-state index in [2.05, 4.69) is 55.3 Å². The van der Waals surface area contributed by atoms with Crippen LogP contribution < -0.4 is 10.2 Å². The first kappa shape index (κ1) is 16.0. The maximum Gasteiger partial charge on any atom is 0.0446 e. The number of nitrogens with one attached hydrogen (secondary N) is 1. The quantitative estimate of drug-likeness (QED) is 0.829. The Morgan fingerprint density at radius 2 is 1.74 bits per heavy atom. The normalized spacial score (nSPS) is 13.4. The summed E-state index contributed by atoms with van der Waals surface area (Å²) < 4.78 is 0. The smallest absolute Gasteiger partial charge is 0.0446 e. The molecule has 19 heavy (non-hydrogen) atoms. The summed E-state index contributed by atoms with van der Waals surface area (Å²) in [4.78, 5) is 2.10. The Kier molecular flexibility index (Phi) is 5.83. The lowest BCUT2D eigenvalue weighted by molar-refractivity contribution is 0.196. The molecule has 108 valence electrons. The third-order valence-electron chi connectivity index (χ3n) is 3.47. The van der Waals surface area contributed by atoms with Crippen LogP contribution in [0.15, 0.2) is 24.3 Å². The molecule has 0 aliphatic carbocycles. The fourth-order valence-electron chi connectivity index (χ4n) is 2.12. The van der Waals surface area contributed by atoms with E-state index in [1.807, 2.05) is 14.1 Å². The van der Waals surface area contributed by atoms with Crippen molar-refractivity contribution in [2.45, 2.75) is 39.8 Å². The van der Waals surface area contributed by atoms with Crippen LogP contribution in [0.3, 0.4) is 0 Å². The molecular formula is C16H28N2O. The number of rotatable bonds is 6. The Bertz CT molecular complexity index is 365. The van der Waals surface area contributed by atoms with Crippen molar-refractivity contribution >= 4 is 5.69 Å². The molecule has 3 nitrogen and oxygen atoms in total. The highest BCUT2D eigenvalue weighted by Crippen LogP contribution is 2.22. The third kappa shape index (κ3) is 5.21. The number of anilines is 1. The van der Waals surface area contributed by atoms with E-state index in [1.54, 1.807) is 0 Å². The molecule has 0 spiro atoms. The summed E-state index contributed by atoms with van der Waals surface area (Å²) in [6, 6.07) is 8.90. The van der Waals surface area contributed by atoms with Crippen molar-refractivity contribution in [3.05, 3.63) is 29.8 Å². The van der Waals surface area contributed by atoms with Crippen molar-refractivity contribution in [3.63, 3.8) is 0 Å². The molecule has 0 fully saturated rings. The molecule has 1 atom stereocenters. The molecule has 1 aromatic carbocycles. The SMILES string of the molecule is CN(C)c1ccc(CNC(CCO)C(C)(C)C)cc1. The zero-order valence-corrected chi connectivity index (χ0v) is 12.9. The second-order valence-corrected chi connectivity index (χ2v) is 6.37. The van der Waals surface area contributed by atoms with Crippen molar-refractivity contribution < 1.29 is 5.11 Å². The summed E-state index contributed by atoms with van der Waals surface area (Å²) in [5, 5.41) is 12.7. The van der Waals surface area contributed by atoms with E-state index in [-0.39, 0.29) is 12.0 Å². The van der Waals surface area contributed by atoms with Gasteiger partial charge in [0, 0.05) is 39.0 Å². The second kappa shape index (κ2) is 6.92. The monoisotopic (exact) mass is 264 g/mol. The van der Waals surface area contributed by atoms with Gasteiger partial charge in [-0.05, 0) is 29.5 Å². The van der Waals surface area contributed by atoms with Crippen molar-refractivity contribution in [1.82, 2.24) is 5.32 Å². The molecule has 0 heterocycles. The van der Waals surface area contributed by atoms with E-state index in [1.165, 1.54) is 11.3 Å². The van der Waals surface area contributed by atoms with E-state index in [0.29, 0.717) is 6.04 Å². The van der Waals surface area contributed by atoms with Crippen LogP contribution in [0.2, 0.25) is 0 Å². The molecule has 0 aliphatic rings. The molecule has 1 rings (SSSR count). The van der Waals surface area contributed by atoms with Gasteiger partial charge < -0.3 is 15.3 Å². The number of nitrogens with zero attached hydrogens (tertiary/aromatic N) is 1. The first-order valence-electron chi connectivity index (χ1n) is 6.95. The van der Waals surface area contributed by atoms with Crippen LogP contribution in [-0.2, 0) is 6.54 Å². The average molecular weight is 264 g/mol. The van der Waals surface area contributed by atoms with Gasteiger partial charge in [0.05, 0.1) is 0 Å². The van der Waals surface area contributed by atoms with E-state index >= 15 is 0 Å². The predicted molar refractivity (Wildman–Crippen MR) is 82.6 cm³/mol. The predicted octanol–water partition coefficient (Wildman–Crippen LogP) is 2.64. The minimum Gasteiger partial charge on any atom is -0.396 e. The Morgan fingerprint density at radius 3 is 2.16 bits per heavy atom. The average Bonchev–Trinajstić information content (AvgIpc) is 2.33. The summed E-state index contributed by atoms with van der Waals surface area (Å²) in [6.07, 6.45) is 0.791. The molecule has 1 unspecified atom stereocenters. The lowest BCUT2D eigenvalue weighted by Gasteiger charge is -2.31. The number of aliphatic hydroxyl groups excluding tert-OH is 1. The fraction of sp³-hybridized carbons (Fsp3) is 0.625. The molecule has 1 aromatic rings. The lowest BCUT2D eigenvalue weighted by Crippen LogP contribution is -2.40. The third-order valence-corrected chi connectivity index (χ3v) is 3.47. The fourth-order valence-corrected chi connectivity index (χ4v) is 2.12. The molecule has 2 N–H and O–H groups in total. The van der Waals surface area contributed by atoms with E-state index in [9.17, 15) is 0 Å². The highest BCUT2D eigenvalue weighted by atomic mass is 16.3. The van der Waals surface area contributed by atoms with Crippen LogP contribution in [-0.4, -0.2) is 31.9 Å². The Labute approximate surface area is 117 Å². The van der Waals surface area contributed by atoms with Gasteiger partial charge in [0.1, 0.15) is 0 Å². The summed E-state index contributed by atoms with van der Waals surface area (Å²) in [5.41, 5.74) is 2.65. The van der Waals surface area contributed by atoms with Gasteiger partial charge in [0.2, 0.25) is 0 Å². The largest absolute Gasteiger partial charge is 0.396 e. The van der Waals surface area contributed by atoms with Crippen LogP contribution in [0.1, 0.15) is 32.8 Å². The molecule has 0 saturated carbocycles. The van der Waals surface area contributed by atoms with Crippen molar-refractivity contribution in [2.24, 2.45) is 5.41 Å². The molecular weight excluding hydrogens is 236 g/mol. The van der Waals surface area contributed by atoms with E-state index in [0.717, 1.165) is 13.0 Å². The Morgan fingerprint density at radius 1 is 1.16 bits per heavy atom. The van der Waals surface area contributed by atoms with Crippen LogP contribution in [0, 0.1) is 5.41 Å². The minimum absolute atomic E-state index is 0.159. The van der Waals surface area contributed by atoms with Gasteiger partial charge in [-0.2, -0.15) is 0 Å². The lowest BCUT2D eigenvalue weighted by atomic mass is 9.85. The van der Waals surface area contributed by atoms with Crippen LogP contribution >= 0.6 is 0 Å². The first-order chi connectivity index (χ1) is 8.84. The summed E-state index contributed by atoms with van der Waals surface area (Å²) in [6.45, 7) is 7.69. The van der Waals surface area contributed by atoms with Crippen LogP contribution in [0.5, 0.6) is 0 Å². The highest BCUT2D eigenvalue weighted by Gasteiger charge is 2.23. The molecule has 0 radical (unpaired) electrons. The van der Waals surface area contributed by atoms with Gasteiger partial charge in [0.15, 0.2) is 0 Å². The highest BCUT2D eigenvalue weighted by molar-refractivity contribution is 5.45. The molecule has 0 amide bonds. The van der Waals surface area contributed by atoms with Gasteiger partial charge in [-0.25, -0.2) is 0 Å². The maximum atomic E-state index is 9.15. The van der Waals surface area contributed by atoms with Gasteiger partial charge in [-0.15, -0.1) is 0 Å². The van der Waals surface area contributed by atoms with Crippen molar-refractivity contribution in [2.75, 3.05) is 25.6 Å². The summed E-state index contributed by atoms with van der Waals surface area (Å²) in [5.74, 6) is 0.